The second kappa shape index (κ2) is 12.7. The molecule has 1 unspecified atom stereocenters. The Bertz CT molecular complexity index is 1340. The summed E-state index contributed by atoms with van der Waals surface area (Å²) < 4.78 is 5.46. The third kappa shape index (κ3) is 5.83. The molecule has 3 aromatic carbocycles. The normalized spacial score (nSPS) is 16.4. The minimum atomic E-state index is -0.502. The number of fused-ring (bicyclic) bond motifs is 2. The fraction of sp³-hybridized carbons (Fsp3) is 0.343. The van der Waals surface area contributed by atoms with Gasteiger partial charge < -0.3 is 9.64 Å². The van der Waals surface area contributed by atoms with Crippen LogP contribution in [-0.4, -0.2) is 31.6 Å². The monoisotopic (exact) mass is 538 g/mol. The number of ether oxygens (including phenoxy) is 1. The smallest absolute Gasteiger partial charge is 0.119 e. The Morgan fingerprint density at radius 1 is 0.897 bits per heavy atom. The summed E-state index contributed by atoms with van der Waals surface area (Å²) in [7, 11) is 1.69. The second-order valence-corrected chi connectivity index (χ2v) is 10.9. The van der Waals surface area contributed by atoms with E-state index in [4.69, 9.17) is 4.74 Å². The molecular weight excluding hydrogens is 500 g/mol. The number of likely N-dealkylation sites (tertiary alicyclic amines) is 1. The largest absolute Gasteiger partial charge is 0.497 e. The zero-order chi connectivity index (χ0) is 26.5. The number of hydrogen-bond donors (Lipinski definition) is 0. The van der Waals surface area contributed by atoms with E-state index in [0.717, 1.165) is 56.6 Å². The summed E-state index contributed by atoms with van der Waals surface area (Å²) in [6.45, 7) is 7.49. The standard InChI is InChI=1S/C35H38N2O.ClH/c1-26(2)35(25-36,30-12-8-13-31(24-30)38-3)20-9-21-37-22-18-29(19-23-37)34-32-14-6-4-10-27(32)16-17-28-11-5-7-15-33(28)34;/h4-8,10-17,24,26H,9,18-23H2,1-3H3;1H. The highest BCUT2D eigenvalue weighted by Gasteiger charge is 2.36. The van der Waals surface area contributed by atoms with Gasteiger partial charge in [-0.2, -0.15) is 5.26 Å². The SMILES string of the molecule is COc1cccc(C(C#N)(CCCN2CCC(=C3c4ccccc4C=Cc4ccccc43)CC2)C(C)C)c1.Cl. The lowest BCUT2D eigenvalue weighted by atomic mass is 9.70. The first-order chi connectivity index (χ1) is 18.6. The summed E-state index contributed by atoms with van der Waals surface area (Å²) in [5.41, 5.74) is 8.87. The van der Waals surface area contributed by atoms with Crippen molar-refractivity contribution in [1.82, 2.24) is 4.90 Å². The highest BCUT2D eigenvalue weighted by Crippen LogP contribution is 2.40. The lowest BCUT2D eigenvalue weighted by Gasteiger charge is -2.34. The van der Waals surface area contributed by atoms with Crippen LogP contribution in [0.25, 0.3) is 17.7 Å². The summed E-state index contributed by atoms with van der Waals surface area (Å²) in [5, 5.41) is 10.3. The number of nitrogens with zero attached hydrogens (tertiary/aromatic N) is 2. The molecule has 202 valence electrons. The Labute approximate surface area is 240 Å². The third-order valence-corrected chi connectivity index (χ3v) is 8.53. The van der Waals surface area contributed by atoms with Crippen LogP contribution in [-0.2, 0) is 5.41 Å². The number of hydrogen-bond acceptors (Lipinski definition) is 3. The molecule has 0 saturated carbocycles. The summed E-state index contributed by atoms with van der Waals surface area (Å²) in [5.74, 6) is 1.04. The second-order valence-electron chi connectivity index (χ2n) is 10.9. The van der Waals surface area contributed by atoms with Crippen molar-refractivity contribution in [2.45, 2.75) is 44.9 Å². The molecule has 1 saturated heterocycles. The van der Waals surface area contributed by atoms with Crippen LogP contribution in [0.4, 0.5) is 0 Å². The van der Waals surface area contributed by atoms with Gasteiger partial charge in [-0.1, -0.05) is 92.2 Å². The number of halogens is 1. The zero-order valence-electron chi connectivity index (χ0n) is 23.3. The molecule has 2 aliphatic rings. The van der Waals surface area contributed by atoms with E-state index < -0.39 is 5.41 Å². The average molecular weight is 539 g/mol. The summed E-state index contributed by atoms with van der Waals surface area (Å²) in [6.07, 6.45) is 8.54. The molecule has 0 radical (unpaired) electrons. The topological polar surface area (TPSA) is 36.3 Å². The molecule has 5 rings (SSSR count). The van der Waals surface area contributed by atoms with E-state index in [1.54, 1.807) is 12.7 Å². The highest BCUT2D eigenvalue weighted by molar-refractivity contribution is 5.94. The predicted octanol–water partition coefficient (Wildman–Crippen LogP) is 8.40. The Kier molecular flexibility index (Phi) is 9.33. The van der Waals surface area contributed by atoms with Crippen LogP contribution < -0.4 is 4.74 Å². The van der Waals surface area contributed by atoms with Crippen LogP contribution in [0.3, 0.4) is 0 Å². The van der Waals surface area contributed by atoms with Crippen molar-refractivity contribution in [3.05, 3.63) is 106 Å². The van der Waals surface area contributed by atoms with E-state index in [-0.39, 0.29) is 18.3 Å². The van der Waals surface area contributed by atoms with Crippen LogP contribution in [0.2, 0.25) is 0 Å². The van der Waals surface area contributed by atoms with E-state index in [9.17, 15) is 5.26 Å². The van der Waals surface area contributed by atoms with Gasteiger partial charge in [0.25, 0.3) is 0 Å². The van der Waals surface area contributed by atoms with Gasteiger partial charge >= 0.3 is 0 Å². The molecule has 1 heterocycles. The van der Waals surface area contributed by atoms with Crippen molar-refractivity contribution in [3.63, 3.8) is 0 Å². The maximum Gasteiger partial charge on any atom is 0.119 e. The molecule has 0 aromatic heterocycles. The average Bonchev–Trinajstić information content (AvgIpc) is 3.13. The molecule has 0 bridgehead atoms. The molecule has 0 N–H and O–H groups in total. The van der Waals surface area contributed by atoms with Crippen LogP contribution in [0.15, 0.2) is 78.4 Å². The minimum Gasteiger partial charge on any atom is -0.497 e. The van der Waals surface area contributed by atoms with Gasteiger partial charge in [-0.15, -0.1) is 12.4 Å². The molecule has 3 nitrogen and oxygen atoms in total. The van der Waals surface area contributed by atoms with Gasteiger partial charge in [-0.3, -0.25) is 0 Å². The van der Waals surface area contributed by atoms with Crippen LogP contribution >= 0.6 is 12.4 Å². The molecule has 1 atom stereocenters. The molecule has 4 heteroatoms. The minimum absolute atomic E-state index is 0. The van der Waals surface area contributed by atoms with Crippen molar-refractivity contribution < 1.29 is 4.74 Å². The van der Waals surface area contributed by atoms with Gasteiger partial charge in [0.15, 0.2) is 0 Å². The lowest BCUT2D eigenvalue weighted by molar-refractivity contribution is 0.238. The maximum absolute atomic E-state index is 10.3. The van der Waals surface area contributed by atoms with Crippen LogP contribution in [0, 0.1) is 17.2 Å². The predicted molar refractivity (Wildman–Crippen MR) is 165 cm³/mol. The molecule has 0 amide bonds. The van der Waals surface area contributed by atoms with Gasteiger partial charge in [0.05, 0.1) is 18.6 Å². The van der Waals surface area contributed by atoms with Crippen molar-refractivity contribution in [2.24, 2.45) is 5.92 Å². The Morgan fingerprint density at radius 2 is 1.51 bits per heavy atom. The van der Waals surface area contributed by atoms with Crippen molar-refractivity contribution in [3.8, 4) is 11.8 Å². The first kappa shape index (κ1) is 28.7. The van der Waals surface area contributed by atoms with Crippen LogP contribution in [0.5, 0.6) is 5.75 Å². The van der Waals surface area contributed by atoms with Gasteiger partial charge in [-0.05, 0) is 83.7 Å². The molecule has 39 heavy (non-hydrogen) atoms. The van der Waals surface area contributed by atoms with Gasteiger partial charge in [0.2, 0.25) is 0 Å². The number of rotatable bonds is 7. The Hall–Kier alpha value is -3.32. The van der Waals surface area contributed by atoms with Crippen molar-refractivity contribution >= 4 is 30.1 Å². The van der Waals surface area contributed by atoms with Crippen molar-refractivity contribution in [1.29, 1.82) is 5.26 Å². The third-order valence-electron chi connectivity index (χ3n) is 8.53. The summed E-state index contributed by atoms with van der Waals surface area (Å²) in [6, 6.07) is 28.4. The number of benzene rings is 3. The van der Waals surface area contributed by atoms with E-state index in [2.05, 4.69) is 91.6 Å². The maximum atomic E-state index is 10.3. The van der Waals surface area contributed by atoms with Crippen LogP contribution in [0.1, 0.15) is 67.3 Å². The molecule has 1 aliphatic carbocycles. The summed E-state index contributed by atoms with van der Waals surface area (Å²) in [4.78, 5) is 2.59. The van der Waals surface area contributed by atoms with E-state index in [1.165, 1.54) is 27.8 Å². The Morgan fingerprint density at radius 3 is 2.08 bits per heavy atom. The lowest BCUT2D eigenvalue weighted by Crippen LogP contribution is -2.35. The molecule has 1 aliphatic heterocycles. The first-order valence-corrected chi connectivity index (χ1v) is 13.9. The highest BCUT2D eigenvalue weighted by atomic mass is 35.5. The molecule has 1 fully saturated rings. The van der Waals surface area contributed by atoms with Gasteiger partial charge in [0, 0.05) is 13.1 Å². The van der Waals surface area contributed by atoms with Crippen molar-refractivity contribution in [2.75, 3.05) is 26.7 Å². The van der Waals surface area contributed by atoms with Gasteiger partial charge in [-0.25, -0.2) is 0 Å². The quantitative estimate of drug-likeness (QED) is 0.237. The molecule has 0 spiro atoms. The molecule has 3 aromatic rings. The Balaban J connectivity index is 0.00000353. The number of methoxy groups -OCH3 is 1. The zero-order valence-corrected chi connectivity index (χ0v) is 24.1. The van der Waals surface area contributed by atoms with E-state index in [1.807, 2.05) is 18.2 Å². The fourth-order valence-corrected chi connectivity index (χ4v) is 6.24. The van der Waals surface area contributed by atoms with E-state index in [0.29, 0.717) is 0 Å². The number of piperidine rings is 1. The number of nitriles is 1. The van der Waals surface area contributed by atoms with Gasteiger partial charge in [0.1, 0.15) is 5.75 Å². The molecular formula is C35H39ClN2O. The summed E-state index contributed by atoms with van der Waals surface area (Å²) >= 11 is 0. The fourth-order valence-electron chi connectivity index (χ4n) is 6.24. The van der Waals surface area contributed by atoms with E-state index >= 15 is 0 Å². The first-order valence-electron chi connectivity index (χ1n) is 13.9.